The summed E-state index contributed by atoms with van der Waals surface area (Å²) in [6.07, 6.45) is -0.681. The summed E-state index contributed by atoms with van der Waals surface area (Å²) in [7, 11) is 0. The predicted octanol–water partition coefficient (Wildman–Crippen LogP) is 1.64. The van der Waals surface area contributed by atoms with E-state index in [1.54, 1.807) is 42.5 Å². The number of nitrogens with two attached hydrogens (primary N) is 2. The van der Waals surface area contributed by atoms with Gasteiger partial charge in [-0.1, -0.05) is 24.3 Å². The van der Waals surface area contributed by atoms with Crippen LogP contribution in [-0.2, 0) is 11.2 Å². The maximum Gasteiger partial charge on any atom is 0.307 e. The second kappa shape index (κ2) is 7.33. The number of nitrogen functional groups attached to an aromatic ring is 1. The molecule has 1 unspecified atom stereocenters. The van der Waals surface area contributed by atoms with Gasteiger partial charge in [0, 0.05) is 0 Å². The summed E-state index contributed by atoms with van der Waals surface area (Å²) in [4.78, 5) is 10.6. The Hall–Kier alpha value is -2.73. The van der Waals surface area contributed by atoms with E-state index < -0.39 is 12.2 Å². The molecule has 0 radical (unpaired) electrons. The number of anilines is 1. The van der Waals surface area contributed by atoms with E-state index in [2.05, 4.69) is 0 Å². The highest BCUT2D eigenvalue weighted by molar-refractivity contribution is 5.70. The number of hydrogen-bond acceptors (Lipinski definition) is 5. The number of carbonyl (C=O) groups is 1. The Labute approximate surface area is 128 Å². The van der Waals surface area contributed by atoms with Gasteiger partial charge in [-0.05, 0) is 29.8 Å². The third kappa shape index (κ3) is 4.68. The van der Waals surface area contributed by atoms with Crippen molar-refractivity contribution in [2.24, 2.45) is 5.73 Å². The first kappa shape index (κ1) is 15.7. The van der Waals surface area contributed by atoms with Crippen molar-refractivity contribution in [1.82, 2.24) is 0 Å². The van der Waals surface area contributed by atoms with Crippen LogP contribution in [0.25, 0.3) is 0 Å². The van der Waals surface area contributed by atoms with Gasteiger partial charge in [0.05, 0.1) is 12.1 Å². The molecular weight excluding hydrogens is 284 g/mol. The van der Waals surface area contributed by atoms with Gasteiger partial charge in [-0.25, -0.2) is 0 Å². The Morgan fingerprint density at radius 2 is 1.82 bits per heavy atom. The van der Waals surface area contributed by atoms with Crippen LogP contribution in [0.2, 0.25) is 0 Å². The lowest BCUT2D eigenvalue weighted by molar-refractivity contribution is -0.136. The molecule has 0 bridgehead atoms. The summed E-state index contributed by atoms with van der Waals surface area (Å²) in [6.45, 7) is 0.145. The van der Waals surface area contributed by atoms with Crippen LogP contribution in [-0.4, -0.2) is 23.9 Å². The third-order valence-electron chi connectivity index (χ3n) is 2.89. The second-order valence-electron chi connectivity index (χ2n) is 4.72. The highest BCUT2D eigenvalue weighted by Gasteiger charge is 2.08. The van der Waals surface area contributed by atoms with Crippen molar-refractivity contribution < 1.29 is 19.4 Å². The lowest BCUT2D eigenvalue weighted by Gasteiger charge is -2.16. The topological polar surface area (TPSA) is 108 Å². The summed E-state index contributed by atoms with van der Waals surface area (Å²) in [5.41, 5.74) is 12.8. The second-order valence-corrected chi connectivity index (χ2v) is 4.72. The molecule has 2 aromatic rings. The van der Waals surface area contributed by atoms with E-state index in [1.165, 1.54) is 0 Å². The lowest BCUT2D eigenvalue weighted by atomic mass is 10.1. The Morgan fingerprint density at radius 1 is 1.14 bits per heavy atom. The lowest BCUT2D eigenvalue weighted by Crippen LogP contribution is -2.34. The summed E-state index contributed by atoms with van der Waals surface area (Å²) in [6, 6.07) is 13.9. The minimum Gasteiger partial charge on any atom is -0.488 e. The van der Waals surface area contributed by atoms with E-state index >= 15 is 0 Å². The molecule has 6 nitrogen and oxygen atoms in total. The van der Waals surface area contributed by atoms with Crippen molar-refractivity contribution in [3.05, 3.63) is 54.1 Å². The van der Waals surface area contributed by atoms with Crippen LogP contribution in [0.5, 0.6) is 11.5 Å². The number of para-hydroxylation sites is 2. The largest absolute Gasteiger partial charge is 0.488 e. The highest BCUT2D eigenvalue weighted by Crippen LogP contribution is 2.20. The molecule has 0 fully saturated rings. The molecular formula is C16H18N2O4. The third-order valence-corrected chi connectivity index (χ3v) is 2.89. The standard InChI is InChI=1S/C16H18N2O4/c17-13-3-1-2-4-14(13)22-15(18)10-21-12-7-5-11(6-8-12)9-16(19)20/h1-8,15H,9-10,17-18H2,(H,19,20). The monoisotopic (exact) mass is 302 g/mol. The molecule has 0 aliphatic heterocycles. The molecule has 0 aliphatic carbocycles. The fourth-order valence-electron chi connectivity index (χ4n) is 1.84. The smallest absolute Gasteiger partial charge is 0.307 e. The normalized spacial score (nSPS) is 11.7. The fraction of sp³-hybridized carbons (Fsp3) is 0.188. The molecule has 0 spiro atoms. The summed E-state index contributed by atoms with van der Waals surface area (Å²) in [5.74, 6) is 0.231. The number of ether oxygens (including phenoxy) is 2. The van der Waals surface area contributed by atoms with E-state index in [0.29, 0.717) is 22.7 Å². The molecule has 0 aromatic heterocycles. The van der Waals surface area contributed by atoms with Crippen LogP contribution in [0.3, 0.4) is 0 Å². The van der Waals surface area contributed by atoms with E-state index in [4.69, 9.17) is 26.0 Å². The van der Waals surface area contributed by atoms with Crippen LogP contribution in [0.15, 0.2) is 48.5 Å². The highest BCUT2D eigenvalue weighted by atomic mass is 16.5. The van der Waals surface area contributed by atoms with Gasteiger partial charge in [0.1, 0.15) is 18.1 Å². The molecule has 0 saturated heterocycles. The van der Waals surface area contributed by atoms with Gasteiger partial charge in [0.15, 0.2) is 6.23 Å². The van der Waals surface area contributed by atoms with Gasteiger partial charge in [-0.2, -0.15) is 0 Å². The molecule has 0 amide bonds. The zero-order valence-corrected chi connectivity index (χ0v) is 11.9. The molecule has 22 heavy (non-hydrogen) atoms. The molecule has 5 N–H and O–H groups in total. The molecule has 2 rings (SSSR count). The van der Waals surface area contributed by atoms with Crippen molar-refractivity contribution in [3.63, 3.8) is 0 Å². The van der Waals surface area contributed by atoms with Gasteiger partial charge in [0.2, 0.25) is 0 Å². The van der Waals surface area contributed by atoms with Crippen LogP contribution < -0.4 is 20.9 Å². The maximum absolute atomic E-state index is 10.6. The zero-order chi connectivity index (χ0) is 15.9. The molecule has 6 heteroatoms. The van der Waals surface area contributed by atoms with Crippen molar-refractivity contribution in [3.8, 4) is 11.5 Å². The maximum atomic E-state index is 10.6. The van der Waals surface area contributed by atoms with E-state index in [1.807, 2.05) is 6.07 Å². The van der Waals surface area contributed by atoms with E-state index in [-0.39, 0.29) is 13.0 Å². The zero-order valence-electron chi connectivity index (χ0n) is 11.9. The van der Waals surface area contributed by atoms with Crippen molar-refractivity contribution in [1.29, 1.82) is 0 Å². The SMILES string of the molecule is Nc1ccccc1OC(N)COc1ccc(CC(=O)O)cc1. The Morgan fingerprint density at radius 3 is 2.45 bits per heavy atom. The van der Waals surface area contributed by atoms with E-state index in [9.17, 15) is 4.79 Å². The van der Waals surface area contributed by atoms with E-state index in [0.717, 1.165) is 0 Å². The number of aliphatic carboxylic acids is 1. The summed E-state index contributed by atoms with van der Waals surface area (Å²) in [5, 5.41) is 8.70. The summed E-state index contributed by atoms with van der Waals surface area (Å²) >= 11 is 0. The van der Waals surface area contributed by atoms with Gasteiger partial charge in [0.25, 0.3) is 0 Å². The molecule has 0 saturated carbocycles. The molecule has 116 valence electrons. The molecule has 2 aromatic carbocycles. The summed E-state index contributed by atoms with van der Waals surface area (Å²) < 4.78 is 11.0. The molecule has 1 atom stereocenters. The first-order chi connectivity index (χ1) is 10.5. The predicted molar refractivity (Wildman–Crippen MR) is 82.7 cm³/mol. The van der Waals surface area contributed by atoms with Crippen LogP contribution in [0.1, 0.15) is 5.56 Å². The van der Waals surface area contributed by atoms with Gasteiger partial charge >= 0.3 is 5.97 Å². The van der Waals surface area contributed by atoms with Crippen molar-refractivity contribution in [2.75, 3.05) is 12.3 Å². The minimum atomic E-state index is -0.871. The van der Waals surface area contributed by atoms with Crippen molar-refractivity contribution >= 4 is 11.7 Å². The van der Waals surface area contributed by atoms with Crippen LogP contribution in [0, 0.1) is 0 Å². The number of rotatable bonds is 7. The minimum absolute atomic E-state index is 0.0177. The Kier molecular flexibility index (Phi) is 5.21. The van der Waals surface area contributed by atoms with Crippen LogP contribution in [0.4, 0.5) is 5.69 Å². The van der Waals surface area contributed by atoms with Gasteiger partial charge in [-0.15, -0.1) is 0 Å². The Bertz CT molecular complexity index is 628. The number of hydrogen-bond donors (Lipinski definition) is 3. The van der Waals surface area contributed by atoms with Crippen LogP contribution >= 0.6 is 0 Å². The number of carboxylic acid groups (broad SMARTS) is 1. The fourth-order valence-corrected chi connectivity index (χ4v) is 1.84. The van der Waals surface area contributed by atoms with Gasteiger partial charge < -0.3 is 20.3 Å². The molecule has 0 aliphatic rings. The first-order valence-corrected chi connectivity index (χ1v) is 6.75. The number of carboxylic acids is 1. The first-order valence-electron chi connectivity index (χ1n) is 6.75. The van der Waals surface area contributed by atoms with Crippen molar-refractivity contribution in [2.45, 2.75) is 12.6 Å². The average molecular weight is 302 g/mol. The average Bonchev–Trinajstić information content (AvgIpc) is 2.48. The quantitative estimate of drug-likeness (QED) is 0.530. The Balaban J connectivity index is 1.84. The van der Waals surface area contributed by atoms with Gasteiger partial charge in [-0.3, -0.25) is 10.5 Å². The number of benzene rings is 2. The molecule has 0 heterocycles.